The number of amides is 3. The Morgan fingerprint density at radius 3 is 2.54 bits per heavy atom. The largest absolute Gasteiger partial charge is 0.481 e. The molecule has 188 valence electrons. The van der Waals surface area contributed by atoms with Crippen LogP contribution in [0.25, 0.3) is 0 Å². The summed E-state index contributed by atoms with van der Waals surface area (Å²) in [6, 6.07) is 9.67. The van der Waals surface area contributed by atoms with Crippen LogP contribution in [0.4, 0.5) is 25.0 Å². The van der Waals surface area contributed by atoms with Gasteiger partial charge in [0.1, 0.15) is 5.69 Å². The minimum absolute atomic E-state index is 0.00490. The number of halogens is 2. The molecule has 0 saturated carbocycles. The highest BCUT2D eigenvalue weighted by molar-refractivity contribution is 6.03. The topological polar surface area (TPSA) is 84.0 Å². The molecule has 1 aromatic heterocycles. The quantitative estimate of drug-likeness (QED) is 0.593. The zero-order chi connectivity index (χ0) is 25.3. The Morgan fingerprint density at radius 2 is 1.91 bits per heavy atom. The van der Waals surface area contributed by atoms with E-state index in [0.29, 0.717) is 6.42 Å². The number of para-hydroxylation sites is 1. The number of pyridine rings is 1. The van der Waals surface area contributed by atoms with Gasteiger partial charge in [-0.05, 0) is 42.9 Å². The number of alkyl halides is 2. The Labute approximate surface area is 203 Å². The summed E-state index contributed by atoms with van der Waals surface area (Å²) in [4.78, 5) is 33.7. The van der Waals surface area contributed by atoms with Crippen molar-refractivity contribution in [2.45, 2.75) is 70.7 Å². The van der Waals surface area contributed by atoms with E-state index in [2.05, 4.69) is 15.0 Å². The van der Waals surface area contributed by atoms with Crippen LogP contribution in [0, 0.1) is 0 Å². The number of rotatable bonds is 7. The van der Waals surface area contributed by atoms with E-state index in [1.54, 1.807) is 11.8 Å². The summed E-state index contributed by atoms with van der Waals surface area (Å²) in [6.45, 7) is 2.51. The Kier molecular flexibility index (Phi) is 7.09. The molecule has 2 aromatic rings. The van der Waals surface area contributed by atoms with Gasteiger partial charge in [-0.2, -0.15) is 13.8 Å². The fourth-order valence-corrected chi connectivity index (χ4v) is 5.34. The first-order chi connectivity index (χ1) is 16.7. The van der Waals surface area contributed by atoms with Crippen LogP contribution < -0.4 is 19.7 Å². The monoisotopic (exact) mass is 488 g/mol. The summed E-state index contributed by atoms with van der Waals surface area (Å²) in [5.41, 5.74) is 1.69. The number of ether oxygens (including phenoxy) is 2. The molecule has 1 unspecified atom stereocenters. The van der Waals surface area contributed by atoms with Crippen LogP contribution in [0.3, 0.4) is 0 Å². The molecule has 3 amide bonds. The van der Waals surface area contributed by atoms with Crippen molar-refractivity contribution in [3.8, 4) is 11.8 Å². The van der Waals surface area contributed by atoms with Gasteiger partial charge in [0.15, 0.2) is 0 Å². The molecule has 0 radical (unpaired) electrons. The summed E-state index contributed by atoms with van der Waals surface area (Å²) < 4.78 is 35.6. The van der Waals surface area contributed by atoms with Gasteiger partial charge in [0, 0.05) is 24.7 Å². The highest BCUT2D eigenvalue weighted by atomic mass is 19.3. The number of carbonyl (C=O) groups excluding carboxylic acids is 2. The van der Waals surface area contributed by atoms with Gasteiger partial charge in [-0.1, -0.05) is 32.0 Å². The van der Waals surface area contributed by atoms with Gasteiger partial charge < -0.3 is 19.7 Å². The van der Waals surface area contributed by atoms with Crippen LogP contribution in [0.1, 0.15) is 51.5 Å². The molecule has 2 aliphatic heterocycles. The van der Waals surface area contributed by atoms with Crippen molar-refractivity contribution in [3.63, 3.8) is 0 Å². The molecule has 2 saturated heterocycles. The summed E-state index contributed by atoms with van der Waals surface area (Å²) in [5, 5.41) is 2.72. The molecule has 3 atom stereocenters. The van der Waals surface area contributed by atoms with Gasteiger partial charge in [-0.3, -0.25) is 9.69 Å². The smallest absolute Gasteiger partial charge is 0.388 e. The van der Waals surface area contributed by atoms with Crippen molar-refractivity contribution in [1.82, 2.24) is 9.88 Å². The van der Waals surface area contributed by atoms with Gasteiger partial charge >= 0.3 is 12.6 Å². The van der Waals surface area contributed by atoms with E-state index < -0.39 is 18.5 Å². The Balaban J connectivity index is 1.73. The van der Waals surface area contributed by atoms with Crippen molar-refractivity contribution >= 4 is 23.3 Å². The second kappa shape index (κ2) is 10.1. The number of nitrogens with zero attached hydrogens (tertiary/aromatic N) is 3. The van der Waals surface area contributed by atoms with E-state index in [1.165, 1.54) is 19.2 Å². The summed E-state index contributed by atoms with van der Waals surface area (Å²) >= 11 is 0. The van der Waals surface area contributed by atoms with Crippen molar-refractivity contribution in [3.05, 3.63) is 42.0 Å². The van der Waals surface area contributed by atoms with Crippen LogP contribution in [0.15, 0.2) is 36.4 Å². The average Bonchev–Trinajstić information content (AvgIpc) is 3.39. The van der Waals surface area contributed by atoms with Gasteiger partial charge in [-0.15, -0.1) is 0 Å². The number of urea groups is 1. The van der Waals surface area contributed by atoms with E-state index in [-0.39, 0.29) is 41.5 Å². The van der Waals surface area contributed by atoms with Crippen molar-refractivity contribution < 1.29 is 27.8 Å². The van der Waals surface area contributed by atoms with E-state index in [0.717, 1.165) is 24.1 Å². The first kappa shape index (κ1) is 24.7. The normalized spacial score (nSPS) is 20.9. The van der Waals surface area contributed by atoms with Crippen molar-refractivity contribution in [2.75, 3.05) is 17.3 Å². The van der Waals surface area contributed by atoms with Crippen molar-refractivity contribution in [1.29, 1.82) is 0 Å². The molecule has 8 nitrogen and oxygen atoms in total. The van der Waals surface area contributed by atoms with Gasteiger partial charge in [-0.25, -0.2) is 4.79 Å². The Hall–Kier alpha value is -3.43. The molecule has 2 bridgehead atoms. The number of aromatic nitrogens is 1. The third kappa shape index (κ3) is 4.87. The molecule has 35 heavy (non-hydrogen) atoms. The molecule has 3 heterocycles. The molecule has 1 N–H and O–H groups in total. The first-order valence-corrected chi connectivity index (χ1v) is 11.7. The molecule has 4 rings (SSSR count). The third-order valence-corrected chi connectivity index (χ3v) is 6.72. The second-order valence-electron chi connectivity index (χ2n) is 9.13. The summed E-state index contributed by atoms with van der Waals surface area (Å²) in [5.74, 6) is -0.247. The minimum atomic E-state index is -3.13. The Bertz CT molecular complexity index is 1100. The number of hydrogen-bond donors (Lipinski definition) is 1. The zero-order valence-corrected chi connectivity index (χ0v) is 20.2. The summed E-state index contributed by atoms with van der Waals surface area (Å²) in [7, 11) is 1.35. The van der Waals surface area contributed by atoms with E-state index >= 15 is 0 Å². The van der Waals surface area contributed by atoms with Crippen LogP contribution >= 0.6 is 0 Å². The fraction of sp³-hybridized carbons (Fsp3) is 0.480. The maximum Gasteiger partial charge on any atom is 0.388 e. The van der Waals surface area contributed by atoms with Crippen molar-refractivity contribution in [2.24, 2.45) is 0 Å². The number of nitrogens with one attached hydrogen (secondary N) is 1. The maximum absolute atomic E-state index is 13.8. The molecule has 0 spiro atoms. The second-order valence-corrected chi connectivity index (χ2v) is 9.13. The lowest BCUT2D eigenvalue weighted by Crippen LogP contribution is -2.50. The highest BCUT2D eigenvalue weighted by Gasteiger charge is 2.51. The first-order valence-electron chi connectivity index (χ1n) is 11.7. The third-order valence-electron chi connectivity index (χ3n) is 6.72. The zero-order valence-electron chi connectivity index (χ0n) is 20.2. The minimum Gasteiger partial charge on any atom is -0.481 e. The maximum atomic E-state index is 13.8. The number of hydrogen-bond acceptors (Lipinski definition) is 5. The molecular formula is C25H30F2N4O4. The SMILES string of the molecule is COc1ccc(NC(=O)N(c2ccccc2C(C)C)C2C[C@@H]3CC[C@H]2N3C(C)=O)c(OC(F)F)n1. The molecular weight excluding hydrogens is 458 g/mol. The molecule has 0 aliphatic carbocycles. The van der Waals surface area contributed by atoms with Gasteiger partial charge in [0.25, 0.3) is 0 Å². The van der Waals surface area contributed by atoms with E-state index in [1.807, 2.05) is 43.0 Å². The van der Waals surface area contributed by atoms with Crippen LogP contribution in [-0.4, -0.2) is 53.7 Å². The van der Waals surface area contributed by atoms with Crippen LogP contribution in [0.2, 0.25) is 0 Å². The number of carbonyl (C=O) groups is 2. The molecule has 2 aliphatic rings. The number of benzene rings is 1. The van der Waals surface area contributed by atoms with Crippen LogP contribution in [0.5, 0.6) is 11.8 Å². The highest BCUT2D eigenvalue weighted by Crippen LogP contribution is 2.43. The molecule has 1 aromatic carbocycles. The standard InChI is InChI=1S/C25H30F2N4O4/c1-14(2)17-7-5-6-8-19(17)31(21-13-16-9-11-20(21)30(16)15(3)32)25(33)28-18-10-12-22(34-4)29-23(18)35-24(26)27/h5-8,10,12,14,16,20-21,24H,9,11,13H2,1-4H3,(H,28,33)/t16-,20+,21?/m0/s1. The van der Waals surface area contributed by atoms with E-state index in [9.17, 15) is 18.4 Å². The Morgan fingerprint density at radius 1 is 1.17 bits per heavy atom. The average molecular weight is 489 g/mol. The lowest BCUT2D eigenvalue weighted by Gasteiger charge is -2.36. The van der Waals surface area contributed by atoms with Crippen LogP contribution in [-0.2, 0) is 4.79 Å². The lowest BCUT2D eigenvalue weighted by atomic mass is 9.92. The van der Waals surface area contributed by atoms with E-state index in [4.69, 9.17) is 4.74 Å². The van der Waals surface area contributed by atoms with Gasteiger partial charge in [0.2, 0.25) is 17.7 Å². The number of fused-ring (bicyclic) bond motifs is 2. The molecule has 10 heteroatoms. The molecule has 2 fully saturated rings. The predicted octanol–water partition coefficient (Wildman–Crippen LogP) is 5.01. The predicted molar refractivity (Wildman–Crippen MR) is 127 cm³/mol. The number of methoxy groups -OCH3 is 1. The lowest BCUT2D eigenvalue weighted by molar-refractivity contribution is -0.130. The van der Waals surface area contributed by atoms with Gasteiger partial charge in [0.05, 0.1) is 19.2 Å². The summed E-state index contributed by atoms with van der Waals surface area (Å²) in [6.07, 6.45) is 2.34. The number of anilines is 2. The fourth-order valence-electron chi connectivity index (χ4n) is 5.34.